The number of aromatic nitrogens is 3. The number of fused-ring (bicyclic) bond motifs is 3. The molecule has 0 spiro atoms. The third-order valence-electron chi connectivity index (χ3n) is 5.60. The minimum absolute atomic E-state index is 0.190. The van der Waals surface area contributed by atoms with Crippen molar-refractivity contribution in [2.24, 2.45) is 11.8 Å². The van der Waals surface area contributed by atoms with E-state index in [2.05, 4.69) is 31.6 Å². The van der Waals surface area contributed by atoms with Gasteiger partial charge >= 0.3 is 0 Å². The van der Waals surface area contributed by atoms with Gasteiger partial charge < -0.3 is 10.2 Å². The van der Waals surface area contributed by atoms with Crippen molar-refractivity contribution >= 4 is 5.91 Å². The second-order valence-corrected chi connectivity index (χ2v) is 7.99. The van der Waals surface area contributed by atoms with Crippen molar-refractivity contribution in [3.8, 4) is 0 Å². The molecule has 2 bridgehead atoms. The fourth-order valence-electron chi connectivity index (χ4n) is 4.20. The van der Waals surface area contributed by atoms with Gasteiger partial charge in [0.15, 0.2) is 0 Å². The number of piperidine rings is 3. The first-order valence-corrected chi connectivity index (χ1v) is 9.16. The number of rotatable bonds is 6. The molecule has 1 aliphatic carbocycles. The Kier molecular flexibility index (Phi) is 4.30. The monoisotopic (exact) mass is 332 g/mol. The Bertz CT molecular complexity index is 596. The number of nitrogens with one attached hydrogen (secondary N) is 1. The van der Waals surface area contributed by atoms with E-state index in [9.17, 15) is 4.79 Å². The minimum Gasteiger partial charge on any atom is -0.353 e. The number of carbonyl (C=O) groups excluding carboxylic acids is 1. The lowest BCUT2D eigenvalue weighted by Gasteiger charge is -2.49. The molecule has 1 N–H and O–H groups in total. The van der Waals surface area contributed by atoms with Crippen LogP contribution in [0.25, 0.3) is 0 Å². The van der Waals surface area contributed by atoms with Crippen LogP contribution in [0.4, 0.5) is 0 Å². The van der Waals surface area contributed by atoms with Gasteiger partial charge in [0.2, 0.25) is 5.91 Å². The summed E-state index contributed by atoms with van der Waals surface area (Å²) in [6, 6.07) is 0.955. The molecule has 0 aromatic carbocycles. The van der Waals surface area contributed by atoms with E-state index in [1.807, 2.05) is 18.8 Å². The fraction of sp³-hybridized carbons (Fsp3) is 0.824. The van der Waals surface area contributed by atoms with Crippen molar-refractivity contribution in [2.75, 3.05) is 27.2 Å². The molecule has 1 aromatic rings. The Morgan fingerprint density at radius 3 is 2.88 bits per heavy atom. The molecule has 3 aliphatic heterocycles. The van der Waals surface area contributed by atoms with Crippen molar-refractivity contribution in [1.82, 2.24) is 30.1 Å². The lowest BCUT2D eigenvalue weighted by Crippen LogP contribution is -2.58. The normalized spacial score (nSPS) is 32.3. The van der Waals surface area contributed by atoms with Crippen molar-refractivity contribution < 1.29 is 4.79 Å². The summed E-state index contributed by atoms with van der Waals surface area (Å²) in [6.07, 6.45) is 6.64. The first-order valence-electron chi connectivity index (χ1n) is 9.16. The Hall–Kier alpha value is -1.47. The van der Waals surface area contributed by atoms with Gasteiger partial charge in [-0.3, -0.25) is 14.4 Å². The van der Waals surface area contributed by atoms with Crippen molar-refractivity contribution in [1.29, 1.82) is 0 Å². The molecule has 132 valence electrons. The molecular formula is C17H28N6O. The van der Waals surface area contributed by atoms with Gasteiger partial charge in [0.05, 0.1) is 18.2 Å². The van der Waals surface area contributed by atoms with E-state index in [1.165, 1.54) is 0 Å². The molecular weight excluding hydrogens is 304 g/mol. The largest absolute Gasteiger partial charge is 0.353 e. The average Bonchev–Trinajstić information content (AvgIpc) is 3.26. The molecule has 4 heterocycles. The van der Waals surface area contributed by atoms with Crippen molar-refractivity contribution in [3.05, 3.63) is 11.9 Å². The van der Waals surface area contributed by atoms with Crippen LogP contribution in [0, 0.1) is 11.8 Å². The molecule has 4 aliphatic rings. The molecule has 4 atom stereocenters. The molecule has 7 nitrogen and oxygen atoms in total. The minimum atomic E-state index is 0.190. The van der Waals surface area contributed by atoms with Crippen LogP contribution < -0.4 is 5.32 Å². The number of hydrogen-bond donors (Lipinski definition) is 1. The van der Waals surface area contributed by atoms with Crippen LogP contribution in [-0.4, -0.2) is 70.0 Å². The Labute approximate surface area is 143 Å². The fourth-order valence-corrected chi connectivity index (χ4v) is 4.20. The summed E-state index contributed by atoms with van der Waals surface area (Å²) < 4.78 is 1.98. The highest BCUT2D eigenvalue weighted by Crippen LogP contribution is 2.37. The molecule has 3 saturated heterocycles. The highest BCUT2D eigenvalue weighted by Gasteiger charge is 2.44. The summed E-state index contributed by atoms with van der Waals surface area (Å²) in [5.41, 5.74) is 1.01. The highest BCUT2D eigenvalue weighted by atomic mass is 16.2. The summed E-state index contributed by atoms with van der Waals surface area (Å²) in [4.78, 5) is 17.0. The third-order valence-corrected chi connectivity index (χ3v) is 5.60. The molecule has 24 heavy (non-hydrogen) atoms. The Morgan fingerprint density at radius 1 is 1.38 bits per heavy atom. The standard InChI is InChI=1S/C17H28N6O/c1-21(2)8-14-9-23(20-19-14)10-15-7-12-5-6-22(15)11-16(12)17(24)18-13-3-4-13/h9,12-13,15-16H,3-8,10-11H2,1-2H3,(H,18,24)/t12-,15-,16+/m1/s1. The quantitative estimate of drug-likeness (QED) is 0.813. The molecule has 1 amide bonds. The van der Waals surface area contributed by atoms with Crippen LogP contribution in [0.15, 0.2) is 6.20 Å². The van der Waals surface area contributed by atoms with Gasteiger partial charge in [0.1, 0.15) is 0 Å². The molecule has 4 fully saturated rings. The Morgan fingerprint density at radius 2 is 2.21 bits per heavy atom. The van der Waals surface area contributed by atoms with E-state index in [0.717, 1.165) is 57.6 Å². The number of hydrogen-bond acceptors (Lipinski definition) is 5. The summed E-state index contributed by atoms with van der Waals surface area (Å²) in [7, 11) is 4.08. The van der Waals surface area contributed by atoms with E-state index < -0.39 is 0 Å². The smallest absolute Gasteiger partial charge is 0.224 e. The van der Waals surface area contributed by atoms with E-state index in [-0.39, 0.29) is 5.92 Å². The summed E-state index contributed by atoms with van der Waals surface area (Å²) in [6.45, 7) is 3.73. The van der Waals surface area contributed by atoms with E-state index in [1.54, 1.807) is 0 Å². The van der Waals surface area contributed by atoms with Gasteiger partial charge in [-0.15, -0.1) is 5.10 Å². The SMILES string of the molecule is CN(C)Cc1cn(C[C@H]2C[C@H]3CCN2C[C@@H]3C(=O)NC2CC2)nn1. The second-order valence-electron chi connectivity index (χ2n) is 7.99. The van der Waals surface area contributed by atoms with Crippen LogP contribution >= 0.6 is 0 Å². The van der Waals surface area contributed by atoms with Crippen LogP contribution in [-0.2, 0) is 17.9 Å². The van der Waals surface area contributed by atoms with Crippen LogP contribution in [0.2, 0.25) is 0 Å². The van der Waals surface area contributed by atoms with Gasteiger partial charge in [-0.2, -0.15) is 0 Å². The van der Waals surface area contributed by atoms with Crippen LogP contribution in [0.1, 0.15) is 31.4 Å². The highest BCUT2D eigenvalue weighted by molar-refractivity contribution is 5.80. The predicted octanol–water partition coefficient (Wildman–Crippen LogP) is 0.329. The van der Waals surface area contributed by atoms with Gasteiger partial charge in [-0.05, 0) is 52.2 Å². The van der Waals surface area contributed by atoms with Gasteiger partial charge in [0.25, 0.3) is 0 Å². The Balaban J connectivity index is 1.35. The van der Waals surface area contributed by atoms with Crippen LogP contribution in [0.5, 0.6) is 0 Å². The molecule has 7 heteroatoms. The number of carbonyl (C=O) groups is 1. The van der Waals surface area contributed by atoms with E-state index >= 15 is 0 Å². The third kappa shape index (κ3) is 3.47. The first kappa shape index (κ1) is 16.0. The van der Waals surface area contributed by atoms with Crippen LogP contribution in [0.3, 0.4) is 0 Å². The van der Waals surface area contributed by atoms with E-state index in [4.69, 9.17) is 0 Å². The predicted molar refractivity (Wildman–Crippen MR) is 90.2 cm³/mol. The lowest BCUT2D eigenvalue weighted by molar-refractivity contribution is -0.133. The first-order chi connectivity index (χ1) is 11.6. The molecule has 5 rings (SSSR count). The molecule has 1 saturated carbocycles. The number of nitrogens with zero attached hydrogens (tertiary/aromatic N) is 5. The maximum absolute atomic E-state index is 12.4. The average molecular weight is 332 g/mol. The lowest BCUT2D eigenvalue weighted by atomic mass is 9.75. The second kappa shape index (κ2) is 6.44. The van der Waals surface area contributed by atoms with Gasteiger partial charge in [-0.1, -0.05) is 5.21 Å². The summed E-state index contributed by atoms with van der Waals surface area (Å²) in [5, 5.41) is 11.7. The number of amides is 1. The van der Waals surface area contributed by atoms with Crippen molar-refractivity contribution in [3.63, 3.8) is 0 Å². The van der Waals surface area contributed by atoms with Gasteiger partial charge in [0, 0.05) is 31.4 Å². The summed E-state index contributed by atoms with van der Waals surface area (Å²) >= 11 is 0. The molecule has 0 radical (unpaired) electrons. The van der Waals surface area contributed by atoms with E-state index in [0.29, 0.717) is 23.9 Å². The zero-order chi connectivity index (χ0) is 16.7. The molecule has 1 aromatic heterocycles. The topological polar surface area (TPSA) is 66.3 Å². The maximum Gasteiger partial charge on any atom is 0.224 e. The zero-order valence-electron chi connectivity index (χ0n) is 14.7. The van der Waals surface area contributed by atoms with Gasteiger partial charge in [-0.25, -0.2) is 0 Å². The van der Waals surface area contributed by atoms with Crippen molar-refractivity contribution in [2.45, 2.75) is 50.9 Å². The molecule has 1 unspecified atom stereocenters. The maximum atomic E-state index is 12.4. The summed E-state index contributed by atoms with van der Waals surface area (Å²) in [5.74, 6) is 1.01. The zero-order valence-corrected chi connectivity index (χ0v) is 14.7.